The smallest absolute Gasteiger partial charge is 0.240 e. The van der Waals surface area contributed by atoms with E-state index in [9.17, 15) is 4.79 Å². The minimum atomic E-state index is -0.151. The Hall–Kier alpha value is -0.610. The number of carbonyl (C=O) groups excluding carboxylic acids is 1. The predicted octanol–water partition coefficient (Wildman–Crippen LogP) is 0.666. The molecule has 0 aromatic rings. The highest BCUT2D eigenvalue weighted by atomic mass is 16.2. The Bertz CT molecular complexity index is 253. The Morgan fingerprint density at radius 2 is 2.12 bits per heavy atom. The lowest BCUT2D eigenvalue weighted by Crippen LogP contribution is -2.55. The summed E-state index contributed by atoms with van der Waals surface area (Å²) in [6, 6.07) is -0.151. The summed E-state index contributed by atoms with van der Waals surface area (Å²) in [7, 11) is 1.87. The van der Waals surface area contributed by atoms with Crippen LogP contribution in [0.3, 0.4) is 0 Å². The lowest BCUT2D eigenvalue weighted by atomic mass is 9.96. The van der Waals surface area contributed by atoms with Gasteiger partial charge in [0, 0.05) is 25.7 Å². The molecule has 1 saturated heterocycles. The van der Waals surface area contributed by atoms with Gasteiger partial charge in [-0.3, -0.25) is 9.69 Å². The molecule has 0 aromatic carbocycles. The van der Waals surface area contributed by atoms with E-state index in [1.807, 2.05) is 11.9 Å². The summed E-state index contributed by atoms with van der Waals surface area (Å²) < 4.78 is 0. The van der Waals surface area contributed by atoms with Crippen LogP contribution in [0, 0.1) is 0 Å². The van der Waals surface area contributed by atoms with Gasteiger partial charge in [-0.15, -0.1) is 0 Å². The summed E-state index contributed by atoms with van der Waals surface area (Å²) in [5.41, 5.74) is 5.83. The normalized spacial score (nSPS) is 26.9. The first-order valence-electron chi connectivity index (χ1n) is 6.16. The molecule has 1 aliphatic heterocycles. The van der Waals surface area contributed by atoms with E-state index >= 15 is 0 Å². The van der Waals surface area contributed by atoms with E-state index < -0.39 is 0 Å². The highest BCUT2D eigenvalue weighted by Gasteiger charge is 2.39. The highest BCUT2D eigenvalue weighted by Crippen LogP contribution is 2.26. The summed E-state index contributed by atoms with van der Waals surface area (Å²) in [6.45, 7) is 8.72. The molecule has 1 unspecified atom stereocenters. The minimum absolute atomic E-state index is 0.0560. The van der Waals surface area contributed by atoms with Crippen LogP contribution < -0.4 is 5.73 Å². The molecule has 2 N–H and O–H groups in total. The van der Waals surface area contributed by atoms with Crippen LogP contribution in [-0.2, 0) is 4.79 Å². The number of hydrogen-bond acceptors (Lipinski definition) is 3. The maximum absolute atomic E-state index is 12.2. The average Bonchev–Trinajstić information content (AvgIpc) is 2.31. The van der Waals surface area contributed by atoms with Crippen molar-refractivity contribution >= 4 is 5.91 Å². The number of amides is 1. The lowest BCUT2D eigenvalue weighted by Gasteiger charge is -2.40. The average molecular weight is 227 g/mol. The van der Waals surface area contributed by atoms with Crippen LogP contribution in [0.5, 0.6) is 0 Å². The molecule has 0 radical (unpaired) electrons. The van der Waals surface area contributed by atoms with Gasteiger partial charge in [-0.2, -0.15) is 0 Å². The first-order chi connectivity index (χ1) is 7.44. The van der Waals surface area contributed by atoms with Crippen LogP contribution >= 0.6 is 0 Å². The van der Waals surface area contributed by atoms with Crippen LogP contribution in [-0.4, -0.2) is 54.0 Å². The van der Waals surface area contributed by atoms with Crippen molar-refractivity contribution in [1.29, 1.82) is 0 Å². The van der Waals surface area contributed by atoms with Gasteiger partial charge in [-0.25, -0.2) is 0 Å². The fraction of sp³-hybridized carbons (Fsp3) is 0.917. The molecule has 0 aliphatic carbocycles. The summed E-state index contributed by atoms with van der Waals surface area (Å²) in [6.07, 6.45) is 2.06. The molecule has 1 atom stereocenters. The van der Waals surface area contributed by atoms with Gasteiger partial charge in [0.25, 0.3) is 0 Å². The maximum atomic E-state index is 12.2. The molecule has 1 rings (SSSR count). The highest BCUT2D eigenvalue weighted by molar-refractivity contribution is 5.82. The second kappa shape index (κ2) is 5.15. The Kier molecular flexibility index (Phi) is 4.33. The minimum Gasteiger partial charge on any atom is -0.344 e. The number of nitrogens with two attached hydrogens (primary N) is 1. The second-order valence-electron chi connectivity index (χ2n) is 5.27. The molecule has 4 heteroatoms. The molecular weight excluding hydrogens is 202 g/mol. The molecule has 1 heterocycles. The first-order valence-corrected chi connectivity index (χ1v) is 6.16. The molecule has 1 fully saturated rings. The van der Waals surface area contributed by atoms with Crippen molar-refractivity contribution in [1.82, 2.24) is 9.80 Å². The molecule has 0 aromatic heterocycles. The lowest BCUT2D eigenvalue weighted by molar-refractivity contribution is -0.134. The summed E-state index contributed by atoms with van der Waals surface area (Å²) >= 11 is 0. The van der Waals surface area contributed by atoms with E-state index in [1.165, 1.54) is 0 Å². The number of likely N-dealkylation sites (N-methyl/N-ethyl adjacent to an activating group) is 1. The molecule has 94 valence electrons. The Labute approximate surface area is 98.8 Å². The molecular formula is C12H25N3O. The molecule has 1 amide bonds. The largest absolute Gasteiger partial charge is 0.344 e. The van der Waals surface area contributed by atoms with Crippen molar-refractivity contribution < 1.29 is 4.79 Å². The second-order valence-corrected chi connectivity index (χ2v) is 5.27. The standard InChI is InChI=1S/C12H25N3O/c1-5-7-15-10(9-13)11(16)14(4)8-6-12(15,2)3/h10H,5-9,13H2,1-4H3. The van der Waals surface area contributed by atoms with Gasteiger partial charge >= 0.3 is 0 Å². The number of rotatable bonds is 3. The van der Waals surface area contributed by atoms with Crippen molar-refractivity contribution in [3.05, 3.63) is 0 Å². The van der Waals surface area contributed by atoms with Gasteiger partial charge in [0.1, 0.15) is 6.04 Å². The third-order valence-corrected chi connectivity index (χ3v) is 3.56. The van der Waals surface area contributed by atoms with Crippen molar-refractivity contribution in [3.63, 3.8) is 0 Å². The maximum Gasteiger partial charge on any atom is 0.240 e. The summed E-state index contributed by atoms with van der Waals surface area (Å²) in [5.74, 6) is 0.168. The third-order valence-electron chi connectivity index (χ3n) is 3.56. The predicted molar refractivity (Wildman–Crippen MR) is 66.2 cm³/mol. The fourth-order valence-electron chi connectivity index (χ4n) is 2.43. The van der Waals surface area contributed by atoms with Gasteiger partial charge in [0.15, 0.2) is 0 Å². The van der Waals surface area contributed by atoms with Crippen LogP contribution in [0.1, 0.15) is 33.6 Å². The monoisotopic (exact) mass is 227 g/mol. The number of carbonyl (C=O) groups is 1. The van der Waals surface area contributed by atoms with Crippen molar-refractivity contribution in [2.45, 2.75) is 45.2 Å². The van der Waals surface area contributed by atoms with Gasteiger partial charge in [0.2, 0.25) is 5.91 Å². The van der Waals surface area contributed by atoms with E-state index in [1.54, 1.807) is 0 Å². The molecule has 4 nitrogen and oxygen atoms in total. The van der Waals surface area contributed by atoms with Gasteiger partial charge in [-0.05, 0) is 33.2 Å². The van der Waals surface area contributed by atoms with Crippen molar-refractivity contribution in [2.75, 3.05) is 26.7 Å². The zero-order valence-corrected chi connectivity index (χ0v) is 11.0. The topological polar surface area (TPSA) is 49.6 Å². The van der Waals surface area contributed by atoms with Gasteiger partial charge in [0.05, 0.1) is 0 Å². The van der Waals surface area contributed by atoms with Crippen LogP contribution in [0.2, 0.25) is 0 Å². The van der Waals surface area contributed by atoms with E-state index in [4.69, 9.17) is 5.73 Å². The molecule has 0 spiro atoms. The molecule has 16 heavy (non-hydrogen) atoms. The van der Waals surface area contributed by atoms with E-state index in [0.717, 1.165) is 25.9 Å². The number of nitrogens with zero attached hydrogens (tertiary/aromatic N) is 2. The zero-order chi connectivity index (χ0) is 12.3. The van der Waals surface area contributed by atoms with Crippen molar-refractivity contribution in [2.24, 2.45) is 5.73 Å². The zero-order valence-electron chi connectivity index (χ0n) is 11.0. The SMILES string of the molecule is CCCN1C(CN)C(=O)N(C)CCC1(C)C. The van der Waals surface area contributed by atoms with E-state index in [2.05, 4.69) is 25.7 Å². The van der Waals surface area contributed by atoms with E-state index in [0.29, 0.717) is 6.54 Å². The number of hydrogen-bond donors (Lipinski definition) is 1. The van der Waals surface area contributed by atoms with Crippen LogP contribution in [0.25, 0.3) is 0 Å². The summed E-state index contributed by atoms with van der Waals surface area (Å²) in [4.78, 5) is 16.2. The summed E-state index contributed by atoms with van der Waals surface area (Å²) in [5, 5.41) is 0. The van der Waals surface area contributed by atoms with Crippen LogP contribution in [0.4, 0.5) is 0 Å². The van der Waals surface area contributed by atoms with Crippen LogP contribution in [0.15, 0.2) is 0 Å². The quantitative estimate of drug-likeness (QED) is 0.771. The first kappa shape index (κ1) is 13.5. The van der Waals surface area contributed by atoms with Gasteiger partial charge < -0.3 is 10.6 Å². The van der Waals surface area contributed by atoms with Gasteiger partial charge in [-0.1, -0.05) is 6.92 Å². The molecule has 0 saturated carbocycles. The fourth-order valence-corrected chi connectivity index (χ4v) is 2.43. The van der Waals surface area contributed by atoms with E-state index in [-0.39, 0.29) is 17.5 Å². The van der Waals surface area contributed by atoms with Crippen molar-refractivity contribution in [3.8, 4) is 0 Å². The Morgan fingerprint density at radius 1 is 1.50 bits per heavy atom. The Balaban J connectivity index is 2.98. The Morgan fingerprint density at radius 3 is 2.62 bits per heavy atom. The third kappa shape index (κ3) is 2.55. The molecule has 0 bridgehead atoms. The molecule has 1 aliphatic rings.